The van der Waals surface area contributed by atoms with Crippen molar-refractivity contribution in [3.63, 3.8) is 0 Å². The summed E-state index contributed by atoms with van der Waals surface area (Å²) in [5.41, 5.74) is -0.998. The minimum atomic E-state index is -3.87. The summed E-state index contributed by atoms with van der Waals surface area (Å²) < 4.78 is 28.6. The van der Waals surface area contributed by atoms with Crippen LogP contribution in [-0.4, -0.2) is 23.3 Å². The van der Waals surface area contributed by atoms with Gasteiger partial charge >= 0.3 is 0 Å². The number of rotatable bonds is 3. The van der Waals surface area contributed by atoms with E-state index in [1.165, 1.54) is 15.7 Å². The maximum Gasteiger partial charge on any atom is 0.261 e. The number of halogens is 1. The van der Waals surface area contributed by atoms with Crippen molar-refractivity contribution in [2.75, 3.05) is 0 Å². The van der Waals surface area contributed by atoms with E-state index in [0.717, 1.165) is 6.42 Å². The number of nitriles is 1. The SMILES string of the molecule is N#CC1(NS(=O)(=O)c2c(Cl)nc3sccn23)CCC1. The van der Waals surface area contributed by atoms with E-state index in [1.807, 2.05) is 6.07 Å². The monoisotopic (exact) mass is 316 g/mol. The van der Waals surface area contributed by atoms with E-state index in [9.17, 15) is 8.42 Å². The van der Waals surface area contributed by atoms with Crippen molar-refractivity contribution >= 4 is 37.9 Å². The summed E-state index contributed by atoms with van der Waals surface area (Å²) in [4.78, 5) is 4.49. The summed E-state index contributed by atoms with van der Waals surface area (Å²) >= 11 is 7.19. The van der Waals surface area contributed by atoms with Crippen LogP contribution in [-0.2, 0) is 10.0 Å². The molecule has 0 bridgehead atoms. The van der Waals surface area contributed by atoms with E-state index in [4.69, 9.17) is 16.9 Å². The van der Waals surface area contributed by atoms with Crippen LogP contribution in [0.3, 0.4) is 0 Å². The molecule has 1 aliphatic carbocycles. The Hall–Kier alpha value is -1.14. The molecule has 0 aliphatic heterocycles. The molecule has 6 nitrogen and oxygen atoms in total. The number of thiazole rings is 1. The third-order valence-electron chi connectivity index (χ3n) is 3.18. The molecular weight excluding hydrogens is 308 g/mol. The second kappa shape index (κ2) is 4.18. The molecule has 0 saturated heterocycles. The summed E-state index contributed by atoms with van der Waals surface area (Å²) in [6.45, 7) is 0. The normalized spacial score (nSPS) is 18.1. The second-order valence-electron chi connectivity index (χ2n) is 4.42. The Balaban J connectivity index is 2.07. The number of imidazole rings is 1. The van der Waals surface area contributed by atoms with E-state index < -0.39 is 15.6 Å². The topological polar surface area (TPSA) is 87.3 Å². The highest BCUT2D eigenvalue weighted by Crippen LogP contribution is 2.34. The first-order valence-electron chi connectivity index (χ1n) is 5.54. The Morgan fingerprint density at radius 2 is 2.32 bits per heavy atom. The van der Waals surface area contributed by atoms with Crippen molar-refractivity contribution in [1.82, 2.24) is 14.1 Å². The standard InChI is InChI=1S/C10H9ClN4O2S2/c11-7-8(15-4-5-18-9(15)13-7)19(16,17)14-10(6-12)2-1-3-10/h4-5,14H,1-3H2. The molecule has 19 heavy (non-hydrogen) atoms. The molecule has 1 aliphatic rings. The van der Waals surface area contributed by atoms with Gasteiger partial charge in [0.15, 0.2) is 15.1 Å². The summed E-state index contributed by atoms with van der Waals surface area (Å²) in [5, 5.41) is 10.7. The zero-order valence-corrected chi connectivity index (χ0v) is 12.0. The molecular formula is C10H9ClN4O2S2. The lowest BCUT2D eigenvalue weighted by molar-refractivity contribution is 0.296. The van der Waals surface area contributed by atoms with E-state index in [-0.39, 0.29) is 10.2 Å². The van der Waals surface area contributed by atoms with E-state index >= 15 is 0 Å². The van der Waals surface area contributed by atoms with E-state index in [0.29, 0.717) is 17.8 Å². The van der Waals surface area contributed by atoms with Crippen molar-refractivity contribution in [2.24, 2.45) is 0 Å². The molecule has 1 saturated carbocycles. The van der Waals surface area contributed by atoms with Gasteiger partial charge in [-0.05, 0) is 19.3 Å². The maximum atomic E-state index is 12.4. The molecule has 2 aromatic heterocycles. The Labute approximate surface area is 118 Å². The number of nitrogens with zero attached hydrogens (tertiary/aromatic N) is 3. The van der Waals surface area contributed by atoms with Gasteiger partial charge in [0, 0.05) is 11.6 Å². The summed E-state index contributed by atoms with van der Waals surface area (Å²) in [6, 6.07) is 2.03. The molecule has 0 atom stereocenters. The van der Waals surface area contributed by atoms with Gasteiger partial charge in [0.25, 0.3) is 10.0 Å². The van der Waals surface area contributed by atoms with Crippen molar-refractivity contribution in [3.05, 3.63) is 16.7 Å². The van der Waals surface area contributed by atoms with Crippen molar-refractivity contribution < 1.29 is 8.42 Å². The van der Waals surface area contributed by atoms with Crippen LogP contribution in [0.15, 0.2) is 16.6 Å². The van der Waals surface area contributed by atoms with Gasteiger partial charge in [-0.1, -0.05) is 11.6 Å². The van der Waals surface area contributed by atoms with Crippen LogP contribution >= 0.6 is 22.9 Å². The molecule has 100 valence electrons. The largest absolute Gasteiger partial charge is 0.279 e. The lowest BCUT2D eigenvalue weighted by Crippen LogP contribution is -2.52. The highest BCUT2D eigenvalue weighted by molar-refractivity contribution is 7.89. The van der Waals surface area contributed by atoms with Gasteiger partial charge < -0.3 is 0 Å². The summed E-state index contributed by atoms with van der Waals surface area (Å²) in [5.74, 6) is 0. The van der Waals surface area contributed by atoms with Crippen LogP contribution in [0, 0.1) is 11.3 Å². The van der Waals surface area contributed by atoms with Crippen LogP contribution in [0.2, 0.25) is 5.15 Å². The fourth-order valence-corrected chi connectivity index (χ4v) is 4.88. The quantitative estimate of drug-likeness (QED) is 0.935. The molecule has 0 aromatic carbocycles. The third-order valence-corrected chi connectivity index (χ3v) is 5.87. The molecule has 9 heteroatoms. The van der Waals surface area contributed by atoms with Crippen molar-refractivity contribution in [2.45, 2.75) is 29.8 Å². The fourth-order valence-electron chi connectivity index (χ4n) is 2.05. The molecule has 2 heterocycles. The predicted molar refractivity (Wildman–Crippen MR) is 70.6 cm³/mol. The van der Waals surface area contributed by atoms with E-state index in [1.54, 1.807) is 11.6 Å². The lowest BCUT2D eigenvalue weighted by atomic mass is 9.79. The Morgan fingerprint density at radius 1 is 1.58 bits per heavy atom. The molecule has 0 unspecified atom stereocenters. The average Bonchev–Trinajstić information content (AvgIpc) is 2.82. The van der Waals surface area contributed by atoms with Gasteiger partial charge in [0.1, 0.15) is 5.54 Å². The van der Waals surface area contributed by atoms with Crippen LogP contribution in [0.25, 0.3) is 4.96 Å². The van der Waals surface area contributed by atoms with Gasteiger partial charge in [-0.15, -0.1) is 11.3 Å². The number of hydrogen-bond acceptors (Lipinski definition) is 5. The number of aromatic nitrogens is 2. The van der Waals surface area contributed by atoms with Gasteiger partial charge in [0.05, 0.1) is 6.07 Å². The maximum absolute atomic E-state index is 12.4. The van der Waals surface area contributed by atoms with Gasteiger partial charge in [-0.2, -0.15) is 9.98 Å². The third kappa shape index (κ3) is 1.94. The zero-order chi connectivity index (χ0) is 13.7. The van der Waals surface area contributed by atoms with E-state index in [2.05, 4.69) is 9.71 Å². The minimum Gasteiger partial charge on any atom is -0.279 e. The number of hydrogen-bond donors (Lipinski definition) is 1. The highest BCUT2D eigenvalue weighted by atomic mass is 35.5. The molecule has 0 amide bonds. The number of fused-ring (bicyclic) bond motifs is 1. The zero-order valence-electron chi connectivity index (χ0n) is 9.63. The number of sulfonamides is 1. The summed E-state index contributed by atoms with van der Waals surface area (Å²) in [6.07, 6.45) is 3.47. The first-order valence-corrected chi connectivity index (χ1v) is 8.28. The molecule has 2 aromatic rings. The second-order valence-corrected chi connectivity index (χ2v) is 7.25. The molecule has 0 spiro atoms. The first-order chi connectivity index (χ1) is 8.97. The smallest absolute Gasteiger partial charge is 0.261 e. The van der Waals surface area contributed by atoms with Crippen molar-refractivity contribution in [3.8, 4) is 6.07 Å². The van der Waals surface area contributed by atoms with Gasteiger partial charge in [-0.3, -0.25) is 4.40 Å². The molecule has 3 rings (SSSR count). The first kappa shape index (κ1) is 12.9. The van der Waals surface area contributed by atoms with Crippen molar-refractivity contribution in [1.29, 1.82) is 5.26 Å². The number of nitrogens with one attached hydrogen (secondary N) is 1. The van der Waals surface area contributed by atoms with Crippen LogP contribution in [0.4, 0.5) is 0 Å². The molecule has 1 N–H and O–H groups in total. The lowest BCUT2D eigenvalue weighted by Gasteiger charge is -2.35. The summed E-state index contributed by atoms with van der Waals surface area (Å²) in [7, 11) is -3.87. The Kier molecular flexibility index (Phi) is 2.83. The highest BCUT2D eigenvalue weighted by Gasteiger charge is 2.42. The Bertz CT molecular complexity index is 782. The van der Waals surface area contributed by atoms with Crippen LogP contribution < -0.4 is 4.72 Å². The predicted octanol–water partition coefficient (Wildman–Crippen LogP) is 1.77. The minimum absolute atomic E-state index is 0.0771. The van der Waals surface area contributed by atoms with Gasteiger partial charge in [-0.25, -0.2) is 13.4 Å². The fraction of sp³-hybridized carbons (Fsp3) is 0.400. The van der Waals surface area contributed by atoms with Gasteiger partial charge in [0.2, 0.25) is 0 Å². The molecule has 1 fully saturated rings. The van der Waals surface area contributed by atoms with Crippen LogP contribution in [0.5, 0.6) is 0 Å². The molecule has 0 radical (unpaired) electrons. The average molecular weight is 317 g/mol. The Morgan fingerprint density at radius 3 is 2.89 bits per heavy atom. The van der Waals surface area contributed by atoms with Crippen LogP contribution in [0.1, 0.15) is 19.3 Å².